The molecule has 78 valence electrons. The summed E-state index contributed by atoms with van der Waals surface area (Å²) in [6.45, 7) is -0.690. The van der Waals surface area contributed by atoms with Crippen LogP contribution in [0.2, 0.25) is 0 Å². The molecule has 0 saturated heterocycles. The van der Waals surface area contributed by atoms with Gasteiger partial charge in [0.1, 0.15) is 12.7 Å². The zero-order valence-electron chi connectivity index (χ0n) is 7.18. The first-order chi connectivity index (χ1) is 6.54. The lowest BCUT2D eigenvalue weighted by Gasteiger charge is -1.96. The molecule has 0 aromatic carbocycles. The number of hydrogen-bond acceptors (Lipinski definition) is 4. The standard InChI is InChI=1S/C6H7F2N3O3/c1-14-6-4(11(12)13)2-10(9-6)3-5(7)8/h2,5H,3H2,1H3. The number of rotatable bonds is 4. The fraction of sp³-hybridized carbons (Fsp3) is 0.500. The van der Waals surface area contributed by atoms with Gasteiger partial charge in [-0.05, 0) is 0 Å². The number of aromatic nitrogens is 2. The van der Waals surface area contributed by atoms with Crippen LogP contribution in [0.5, 0.6) is 5.88 Å². The highest BCUT2D eigenvalue weighted by atomic mass is 19.3. The van der Waals surface area contributed by atoms with E-state index in [0.717, 1.165) is 10.9 Å². The van der Waals surface area contributed by atoms with Gasteiger partial charge in [-0.3, -0.25) is 14.8 Å². The summed E-state index contributed by atoms with van der Waals surface area (Å²) in [6, 6.07) is 0. The number of hydrogen-bond donors (Lipinski definition) is 0. The van der Waals surface area contributed by atoms with Crippen LogP contribution in [-0.2, 0) is 6.54 Å². The average molecular weight is 207 g/mol. The minimum atomic E-state index is -2.61. The number of halogens is 2. The van der Waals surface area contributed by atoms with E-state index in [1.54, 1.807) is 0 Å². The molecule has 1 rings (SSSR count). The lowest BCUT2D eigenvalue weighted by Crippen LogP contribution is -2.06. The number of nitrogens with zero attached hydrogens (tertiary/aromatic N) is 3. The molecular formula is C6H7F2N3O3. The fourth-order valence-electron chi connectivity index (χ4n) is 0.899. The molecule has 0 radical (unpaired) electrons. The average Bonchev–Trinajstić information content (AvgIpc) is 2.46. The molecule has 0 spiro atoms. The minimum absolute atomic E-state index is 0.268. The van der Waals surface area contributed by atoms with E-state index in [4.69, 9.17) is 0 Å². The lowest BCUT2D eigenvalue weighted by molar-refractivity contribution is -0.385. The van der Waals surface area contributed by atoms with Gasteiger partial charge in [0.2, 0.25) is 0 Å². The Balaban J connectivity index is 2.94. The summed E-state index contributed by atoms with van der Waals surface area (Å²) in [4.78, 5) is 9.62. The van der Waals surface area contributed by atoms with Gasteiger partial charge in [0, 0.05) is 0 Å². The molecule has 0 aliphatic heterocycles. The molecule has 14 heavy (non-hydrogen) atoms. The molecule has 1 aromatic heterocycles. The molecule has 0 amide bonds. The van der Waals surface area contributed by atoms with Crippen molar-refractivity contribution in [1.82, 2.24) is 9.78 Å². The monoisotopic (exact) mass is 207 g/mol. The van der Waals surface area contributed by atoms with Crippen molar-refractivity contribution < 1.29 is 18.4 Å². The molecule has 0 fully saturated rings. The molecule has 0 saturated carbocycles. The Bertz CT molecular complexity index is 339. The maximum Gasteiger partial charge on any atom is 0.350 e. The third-order valence-electron chi connectivity index (χ3n) is 1.42. The second-order valence-corrected chi connectivity index (χ2v) is 2.39. The summed E-state index contributed by atoms with van der Waals surface area (Å²) >= 11 is 0. The summed E-state index contributed by atoms with van der Waals surface area (Å²) in [5.41, 5.74) is -0.423. The number of methoxy groups -OCH3 is 1. The minimum Gasteiger partial charge on any atom is -0.475 e. The van der Waals surface area contributed by atoms with Crippen molar-refractivity contribution in [3.8, 4) is 5.88 Å². The van der Waals surface area contributed by atoms with Crippen molar-refractivity contribution in [2.75, 3.05) is 7.11 Å². The van der Waals surface area contributed by atoms with Crippen LogP contribution < -0.4 is 4.74 Å². The number of nitro groups is 1. The van der Waals surface area contributed by atoms with Crippen molar-refractivity contribution >= 4 is 5.69 Å². The molecule has 0 bridgehead atoms. The molecule has 8 heteroatoms. The smallest absolute Gasteiger partial charge is 0.350 e. The third-order valence-corrected chi connectivity index (χ3v) is 1.42. The normalized spacial score (nSPS) is 10.6. The maximum atomic E-state index is 11.9. The predicted molar refractivity (Wildman–Crippen MR) is 41.4 cm³/mol. The Morgan fingerprint density at radius 2 is 2.43 bits per heavy atom. The van der Waals surface area contributed by atoms with Gasteiger partial charge in [-0.15, -0.1) is 5.10 Å². The van der Waals surface area contributed by atoms with E-state index in [-0.39, 0.29) is 5.88 Å². The second-order valence-electron chi connectivity index (χ2n) is 2.39. The van der Waals surface area contributed by atoms with Crippen molar-refractivity contribution in [2.24, 2.45) is 0 Å². The summed E-state index contributed by atoms with van der Waals surface area (Å²) in [5, 5.41) is 13.8. The predicted octanol–water partition coefficient (Wildman–Crippen LogP) is 1.06. The van der Waals surface area contributed by atoms with E-state index < -0.39 is 23.6 Å². The zero-order chi connectivity index (χ0) is 10.7. The largest absolute Gasteiger partial charge is 0.475 e. The van der Waals surface area contributed by atoms with Crippen LogP contribution >= 0.6 is 0 Å². The SMILES string of the molecule is COc1nn(CC(F)F)cc1[N+](=O)[O-]. The Kier molecular flexibility index (Phi) is 2.95. The fourth-order valence-corrected chi connectivity index (χ4v) is 0.899. The molecule has 0 aliphatic carbocycles. The van der Waals surface area contributed by atoms with Crippen LogP contribution in [-0.4, -0.2) is 28.2 Å². The summed E-state index contributed by atoms with van der Waals surface area (Å²) in [5.74, 6) is -0.268. The molecule has 1 heterocycles. The lowest BCUT2D eigenvalue weighted by atomic mass is 10.5. The Hall–Kier alpha value is -1.73. The van der Waals surface area contributed by atoms with Crippen LogP contribution in [0.25, 0.3) is 0 Å². The van der Waals surface area contributed by atoms with Crippen LogP contribution in [0.3, 0.4) is 0 Å². The van der Waals surface area contributed by atoms with E-state index in [9.17, 15) is 18.9 Å². The van der Waals surface area contributed by atoms with Crippen molar-refractivity contribution in [3.05, 3.63) is 16.3 Å². The van der Waals surface area contributed by atoms with Crippen LogP contribution in [0.1, 0.15) is 0 Å². The first-order valence-corrected chi connectivity index (χ1v) is 3.58. The van der Waals surface area contributed by atoms with E-state index in [0.29, 0.717) is 0 Å². The topological polar surface area (TPSA) is 70.2 Å². The first kappa shape index (κ1) is 10.4. The second kappa shape index (κ2) is 3.99. The molecule has 6 nitrogen and oxygen atoms in total. The highest BCUT2D eigenvalue weighted by Crippen LogP contribution is 2.24. The van der Waals surface area contributed by atoms with Crippen molar-refractivity contribution in [2.45, 2.75) is 13.0 Å². The van der Waals surface area contributed by atoms with E-state index in [1.165, 1.54) is 7.11 Å². The van der Waals surface area contributed by atoms with E-state index in [2.05, 4.69) is 9.84 Å². The zero-order valence-corrected chi connectivity index (χ0v) is 7.18. The number of ether oxygens (including phenoxy) is 1. The van der Waals surface area contributed by atoms with Crippen molar-refractivity contribution in [1.29, 1.82) is 0 Å². The Morgan fingerprint density at radius 3 is 2.79 bits per heavy atom. The van der Waals surface area contributed by atoms with Crippen molar-refractivity contribution in [3.63, 3.8) is 0 Å². The van der Waals surface area contributed by atoms with Gasteiger partial charge in [0.25, 0.3) is 6.43 Å². The van der Waals surface area contributed by atoms with Gasteiger partial charge in [-0.25, -0.2) is 8.78 Å². The third kappa shape index (κ3) is 2.15. The molecule has 0 aliphatic rings. The highest BCUT2D eigenvalue weighted by Gasteiger charge is 2.21. The first-order valence-electron chi connectivity index (χ1n) is 3.58. The quantitative estimate of drug-likeness (QED) is 0.546. The van der Waals surface area contributed by atoms with Gasteiger partial charge in [-0.2, -0.15) is 0 Å². The summed E-state index contributed by atoms with van der Waals surface area (Å²) in [6.07, 6.45) is -1.70. The van der Waals surface area contributed by atoms with Crippen LogP contribution in [0, 0.1) is 10.1 Å². The van der Waals surface area contributed by atoms with Gasteiger partial charge < -0.3 is 4.74 Å². The molecule has 0 atom stereocenters. The molecule has 0 N–H and O–H groups in total. The summed E-state index contributed by atoms with van der Waals surface area (Å²) in [7, 11) is 1.18. The van der Waals surface area contributed by atoms with Gasteiger partial charge in [0.15, 0.2) is 0 Å². The highest BCUT2D eigenvalue weighted by molar-refractivity contribution is 5.38. The summed E-state index contributed by atoms with van der Waals surface area (Å²) < 4.78 is 29.1. The van der Waals surface area contributed by atoms with Crippen LogP contribution in [0.4, 0.5) is 14.5 Å². The Labute approximate surface area is 77.2 Å². The van der Waals surface area contributed by atoms with Crippen LogP contribution in [0.15, 0.2) is 6.20 Å². The number of alkyl halides is 2. The van der Waals surface area contributed by atoms with E-state index >= 15 is 0 Å². The Morgan fingerprint density at radius 1 is 1.79 bits per heavy atom. The van der Waals surface area contributed by atoms with Gasteiger partial charge in [-0.1, -0.05) is 0 Å². The molecular weight excluding hydrogens is 200 g/mol. The molecule has 0 unspecified atom stereocenters. The molecule has 1 aromatic rings. The van der Waals surface area contributed by atoms with E-state index in [1.807, 2.05) is 0 Å². The van der Waals surface area contributed by atoms with Gasteiger partial charge in [0.05, 0.1) is 12.0 Å². The maximum absolute atomic E-state index is 11.9. The van der Waals surface area contributed by atoms with Gasteiger partial charge >= 0.3 is 11.6 Å².